The third-order valence-corrected chi connectivity index (χ3v) is 2.28. The highest BCUT2D eigenvalue weighted by molar-refractivity contribution is 5.93. The molecular formula is C15H12O2. The van der Waals surface area contributed by atoms with Gasteiger partial charge < -0.3 is 4.42 Å². The van der Waals surface area contributed by atoms with E-state index in [0.717, 1.165) is 5.56 Å². The number of hydrogen-bond donors (Lipinski definition) is 0. The minimum absolute atomic E-state index is 0.00244. The molecule has 0 N–H and O–H groups in total. The summed E-state index contributed by atoms with van der Waals surface area (Å²) in [7, 11) is 0. The van der Waals surface area contributed by atoms with Gasteiger partial charge in [0.2, 0.25) is 0 Å². The molecule has 0 aliphatic rings. The summed E-state index contributed by atoms with van der Waals surface area (Å²) in [5.41, 5.74) is 0.970. The summed E-state index contributed by atoms with van der Waals surface area (Å²) in [5, 5.41) is 0. The second-order valence-corrected chi connectivity index (χ2v) is 3.57. The Morgan fingerprint density at radius 2 is 1.94 bits per heavy atom. The van der Waals surface area contributed by atoms with Crippen LogP contribution >= 0.6 is 0 Å². The zero-order valence-electron chi connectivity index (χ0n) is 9.35. The van der Waals surface area contributed by atoms with E-state index in [0.29, 0.717) is 18.6 Å². The maximum absolute atomic E-state index is 11.6. The van der Waals surface area contributed by atoms with Gasteiger partial charge in [-0.1, -0.05) is 30.0 Å². The molecule has 0 spiro atoms. The third kappa shape index (κ3) is 3.35. The van der Waals surface area contributed by atoms with E-state index >= 15 is 0 Å². The molecule has 17 heavy (non-hydrogen) atoms. The number of carbonyl (C=O) groups is 1. The molecule has 0 radical (unpaired) electrons. The van der Waals surface area contributed by atoms with Gasteiger partial charge in [-0.15, -0.1) is 0 Å². The fraction of sp³-hybridized carbons (Fsp3) is 0.133. The Bertz CT molecular complexity index is 527. The van der Waals surface area contributed by atoms with E-state index in [9.17, 15) is 4.79 Å². The summed E-state index contributed by atoms with van der Waals surface area (Å²) in [4.78, 5) is 11.6. The van der Waals surface area contributed by atoms with Crippen molar-refractivity contribution < 1.29 is 9.21 Å². The van der Waals surface area contributed by atoms with Crippen molar-refractivity contribution in [2.24, 2.45) is 0 Å². The normalized spacial score (nSPS) is 9.41. The van der Waals surface area contributed by atoms with Crippen LogP contribution in [0.5, 0.6) is 0 Å². The SMILES string of the molecule is O=C(CCC#Cc1ccccc1)c1ccco1. The second-order valence-electron chi connectivity index (χ2n) is 3.57. The van der Waals surface area contributed by atoms with Crippen LogP contribution in [0.2, 0.25) is 0 Å². The van der Waals surface area contributed by atoms with Crippen molar-refractivity contribution in [3.8, 4) is 11.8 Å². The minimum atomic E-state index is -0.00244. The fourth-order valence-electron chi connectivity index (χ4n) is 1.42. The molecule has 2 rings (SSSR count). The number of Topliss-reactive ketones (excluding diaryl/α,β-unsaturated/α-hetero) is 1. The van der Waals surface area contributed by atoms with Gasteiger partial charge in [0, 0.05) is 18.4 Å². The number of ketones is 1. The Labute approximate surface area is 100 Å². The highest BCUT2D eigenvalue weighted by atomic mass is 16.3. The topological polar surface area (TPSA) is 30.2 Å². The van der Waals surface area contributed by atoms with Crippen molar-refractivity contribution in [3.63, 3.8) is 0 Å². The zero-order valence-corrected chi connectivity index (χ0v) is 9.35. The highest BCUT2D eigenvalue weighted by Gasteiger charge is 2.06. The smallest absolute Gasteiger partial charge is 0.198 e. The van der Waals surface area contributed by atoms with Crippen LogP contribution in [-0.4, -0.2) is 5.78 Å². The summed E-state index contributed by atoms with van der Waals surface area (Å²) in [5.74, 6) is 6.40. The molecule has 1 aromatic carbocycles. The Balaban J connectivity index is 1.85. The van der Waals surface area contributed by atoms with Crippen LogP contribution in [0.1, 0.15) is 29.0 Å². The first-order valence-corrected chi connectivity index (χ1v) is 5.47. The third-order valence-electron chi connectivity index (χ3n) is 2.28. The number of rotatable bonds is 3. The quantitative estimate of drug-likeness (QED) is 0.591. The van der Waals surface area contributed by atoms with Gasteiger partial charge in [0.15, 0.2) is 11.5 Å². The predicted molar refractivity (Wildman–Crippen MR) is 65.6 cm³/mol. The molecule has 0 bridgehead atoms. The summed E-state index contributed by atoms with van der Waals surface area (Å²) < 4.78 is 5.01. The molecule has 0 saturated heterocycles. The molecule has 0 fully saturated rings. The lowest BCUT2D eigenvalue weighted by molar-refractivity contribution is 0.0957. The maximum atomic E-state index is 11.6. The van der Waals surface area contributed by atoms with Crippen molar-refractivity contribution in [2.45, 2.75) is 12.8 Å². The summed E-state index contributed by atoms with van der Waals surface area (Å²) in [6, 6.07) is 13.1. The van der Waals surface area contributed by atoms with Crippen molar-refractivity contribution in [3.05, 3.63) is 60.1 Å². The summed E-state index contributed by atoms with van der Waals surface area (Å²) in [6.07, 6.45) is 2.45. The van der Waals surface area contributed by atoms with Gasteiger partial charge in [-0.3, -0.25) is 4.79 Å². The molecule has 84 valence electrons. The van der Waals surface area contributed by atoms with E-state index in [4.69, 9.17) is 4.42 Å². The van der Waals surface area contributed by atoms with Crippen molar-refractivity contribution in [1.82, 2.24) is 0 Å². The lowest BCUT2D eigenvalue weighted by atomic mass is 10.1. The van der Waals surface area contributed by atoms with Gasteiger partial charge in [0.1, 0.15) is 0 Å². The molecule has 1 heterocycles. The van der Waals surface area contributed by atoms with E-state index < -0.39 is 0 Å². The van der Waals surface area contributed by atoms with Crippen LogP contribution in [0.25, 0.3) is 0 Å². The first-order chi connectivity index (χ1) is 8.36. The van der Waals surface area contributed by atoms with Crippen LogP contribution in [0.15, 0.2) is 53.1 Å². The first-order valence-electron chi connectivity index (χ1n) is 5.47. The fourth-order valence-corrected chi connectivity index (χ4v) is 1.42. The molecule has 0 unspecified atom stereocenters. The Morgan fingerprint density at radius 3 is 2.65 bits per heavy atom. The summed E-state index contributed by atoms with van der Waals surface area (Å²) >= 11 is 0. The van der Waals surface area contributed by atoms with Gasteiger partial charge in [-0.25, -0.2) is 0 Å². The number of furan rings is 1. The van der Waals surface area contributed by atoms with Crippen LogP contribution in [-0.2, 0) is 0 Å². The number of carbonyl (C=O) groups excluding carboxylic acids is 1. The van der Waals surface area contributed by atoms with Gasteiger partial charge >= 0.3 is 0 Å². The molecule has 1 aromatic heterocycles. The molecular weight excluding hydrogens is 212 g/mol. The lowest BCUT2D eigenvalue weighted by Crippen LogP contribution is -1.95. The monoisotopic (exact) mass is 224 g/mol. The Hall–Kier alpha value is -2.27. The van der Waals surface area contributed by atoms with E-state index in [-0.39, 0.29) is 5.78 Å². The average molecular weight is 224 g/mol. The molecule has 0 amide bonds. The second kappa shape index (κ2) is 5.72. The van der Waals surface area contributed by atoms with Crippen LogP contribution in [0, 0.1) is 11.8 Å². The standard InChI is InChI=1S/C15H12O2/c16-14(15-11-6-12-17-15)10-5-4-9-13-7-2-1-3-8-13/h1-3,6-8,11-12H,5,10H2. The lowest BCUT2D eigenvalue weighted by Gasteiger charge is -1.91. The van der Waals surface area contributed by atoms with Crippen LogP contribution < -0.4 is 0 Å². The Kier molecular flexibility index (Phi) is 3.77. The molecule has 2 heteroatoms. The Morgan fingerprint density at radius 1 is 1.12 bits per heavy atom. The number of hydrogen-bond acceptors (Lipinski definition) is 2. The average Bonchev–Trinajstić information content (AvgIpc) is 2.89. The zero-order chi connectivity index (χ0) is 11.9. The van der Waals surface area contributed by atoms with Gasteiger partial charge in [-0.2, -0.15) is 0 Å². The van der Waals surface area contributed by atoms with Crippen molar-refractivity contribution in [2.75, 3.05) is 0 Å². The van der Waals surface area contributed by atoms with Gasteiger partial charge in [0.05, 0.1) is 6.26 Å². The predicted octanol–water partition coefficient (Wildman–Crippen LogP) is 3.29. The van der Waals surface area contributed by atoms with Crippen molar-refractivity contribution in [1.29, 1.82) is 0 Å². The van der Waals surface area contributed by atoms with E-state index in [2.05, 4.69) is 11.8 Å². The molecule has 0 aliphatic heterocycles. The maximum Gasteiger partial charge on any atom is 0.198 e. The van der Waals surface area contributed by atoms with E-state index in [1.807, 2.05) is 30.3 Å². The van der Waals surface area contributed by atoms with Gasteiger partial charge in [-0.05, 0) is 24.3 Å². The molecule has 2 nitrogen and oxygen atoms in total. The van der Waals surface area contributed by atoms with Crippen LogP contribution in [0.3, 0.4) is 0 Å². The highest BCUT2D eigenvalue weighted by Crippen LogP contribution is 2.05. The minimum Gasteiger partial charge on any atom is -0.461 e. The molecule has 0 atom stereocenters. The number of benzene rings is 1. The van der Waals surface area contributed by atoms with Crippen LogP contribution in [0.4, 0.5) is 0 Å². The van der Waals surface area contributed by atoms with Gasteiger partial charge in [0.25, 0.3) is 0 Å². The summed E-state index contributed by atoms with van der Waals surface area (Å²) in [6.45, 7) is 0. The largest absolute Gasteiger partial charge is 0.461 e. The van der Waals surface area contributed by atoms with E-state index in [1.54, 1.807) is 12.1 Å². The molecule has 2 aromatic rings. The van der Waals surface area contributed by atoms with Crippen molar-refractivity contribution >= 4 is 5.78 Å². The molecule has 0 saturated carbocycles. The molecule has 0 aliphatic carbocycles. The first kappa shape index (κ1) is 11.2. The van der Waals surface area contributed by atoms with E-state index in [1.165, 1.54) is 6.26 Å².